The molecule has 0 spiro atoms. The van der Waals surface area contributed by atoms with Gasteiger partial charge in [0.05, 0.1) is 0 Å². The molecule has 1 aromatic heterocycles. The van der Waals surface area contributed by atoms with E-state index in [1.54, 1.807) is 26.1 Å². The van der Waals surface area contributed by atoms with Gasteiger partial charge in [0, 0.05) is 25.6 Å². The number of likely N-dealkylation sites (N-methyl/N-ethyl adjacent to an activating group) is 1. The third kappa shape index (κ3) is 3.12. The molecule has 0 radical (unpaired) electrons. The lowest BCUT2D eigenvalue weighted by Crippen LogP contribution is -2.32. The minimum atomic E-state index is -0.325. The van der Waals surface area contributed by atoms with Gasteiger partial charge in [-0.05, 0) is 25.0 Å². The Bertz CT molecular complexity index is 789. The molecule has 3 rings (SSSR count). The van der Waals surface area contributed by atoms with Crippen molar-refractivity contribution in [1.82, 2.24) is 19.9 Å². The summed E-state index contributed by atoms with van der Waals surface area (Å²) in [5.41, 5.74) is 1.09. The standard InChI is InChI=1S/C16H17FN4O3/c1-10-5-6-11(8-12(10)17)15-18-13(24-19-15)4-3-7-21-14(22)9-20(2)16(21)23/h5-6,8H,3-4,7,9H2,1-2H3. The number of aryl methyl sites for hydroxylation is 2. The van der Waals surface area contributed by atoms with E-state index in [2.05, 4.69) is 10.1 Å². The first-order chi connectivity index (χ1) is 11.5. The molecule has 1 saturated heterocycles. The molecular weight excluding hydrogens is 315 g/mol. The van der Waals surface area contributed by atoms with Crippen molar-refractivity contribution in [3.05, 3.63) is 35.5 Å². The quantitative estimate of drug-likeness (QED) is 0.783. The predicted molar refractivity (Wildman–Crippen MR) is 82.5 cm³/mol. The van der Waals surface area contributed by atoms with E-state index in [1.165, 1.54) is 15.9 Å². The average molecular weight is 332 g/mol. The van der Waals surface area contributed by atoms with Gasteiger partial charge in [0.15, 0.2) is 0 Å². The van der Waals surface area contributed by atoms with Crippen LogP contribution in [0.5, 0.6) is 0 Å². The number of aromatic nitrogens is 2. The fourth-order valence-corrected chi connectivity index (χ4v) is 2.48. The molecule has 0 atom stereocenters. The lowest BCUT2D eigenvalue weighted by atomic mass is 10.1. The third-order valence-corrected chi connectivity index (χ3v) is 3.90. The summed E-state index contributed by atoms with van der Waals surface area (Å²) in [5, 5.41) is 3.84. The zero-order chi connectivity index (χ0) is 17.3. The second kappa shape index (κ2) is 6.38. The molecule has 126 valence electrons. The highest BCUT2D eigenvalue weighted by molar-refractivity contribution is 6.01. The molecule has 0 unspecified atom stereocenters. The summed E-state index contributed by atoms with van der Waals surface area (Å²) in [7, 11) is 1.59. The van der Waals surface area contributed by atoms with Crippen LogP contribution in [0.1, 0.15) is 17.9 Å². The van der Waals surface area contributed by atoms with Crippen molar-refractivity contribution in [3.63, 3.8) is 0 Å². The van der Waals surface area contributed by atoms with Crippen LogP contribution >= 0.6 is 0 Å². The number of amides is 3. The average Bonchev–Trinajstić information content (AvgIpc) is 3.10. The molecule has 3 amide bonds. The van der Waals surface area contributed by atoms with E-state index in [1.807, 2.05) is 0 Å². The van der Waals surface area contributed by atoms with E-state index in [0.29, 0.717) is 42.2 Å². The van der Waals surface area contributed by atoms with Gasteiger partial charge in [-0.3, -0.25) is 9.69 Å². The highest BCUT2D eigenvalue weighted by Crippen LogP contribution is 2.19. The van der Waals surface area contributed by atoms with Gasteiger partial charge in [-0.2, -0.15) is 4.98 Å². The summed E-state index contributed by atoms with van der Waals surface area (Å²) in [4.78, 5) is 30.2. The number of urea groups is 1. The van der Waals surface area contributed by atoms with Crippen LogP contribution in [-0.4, -0.2) is 52.0 Å². The highest BCUT2D eigenvalue weighted by atomic mass is 19.1. The van der Waals surface area contributed by atoms with Gasteiger partial charge in [-0.25, -0.2) is 9.18 Å². The summed E-state index contributed by atoms with van der Waals surface area (Å²) < 4.78 is 18.7. The number of nitrogens with zero attached hydrogens (tertiary/aromatic N) is 4. The third-order valence-electron chi connectivity index (χ3n) is 3.90. The number of rotatable bonds is 5. The molecule has 2 aromatic rings. The van der Waals surface area contributed by atoms with Crippen LogP contribution < -0.4 is 0 Å². The molecule has 7 nitrogen and oxygen atoms in total. The molecular formula is C16H17FN4O3. The van der Waals surface area contributed by atoms with Crippen LogP contribution in [0.2, 0.25) is 0 Å². The Morgan fingerprint density at radius 1 is 1.33 bits per heavy atom. The molecule has 8 heteroatoms. The highest BCUT2D eigenvalue weighted by Gasteiger charge is 2.32. The molecule has 0 saturated carbocycles. The van der Waals surface area contributed by atoms with Gasteiger partial charge in [0.1, 0.15) is 12.4 Å². The zero-order valence-corrected chi connectivity index (χ0v) is 13.5. The number of carbonyl (C=O) groups excluding carboxylic acids is 2. The number of imide groups is 1. The van der Waals surface area contributed by atoms with Crippen LogP contribution in [0.3, 0.4) is 0 Å². The first kappa shape index (κ1) is 16.1. The lowest BCUT2D eigenvalue weighted by Gasteiger charge is -2.12. The molecule has 0 aliphatic carbocycles. The van der Waals surface area contributed by atoms with Crippen molar-refractivity contribution in [2.24, 2.45) is 0 Å². The largest absolute Gasteiger partial charge is 0.339 e. The first-order valence-electron chi connectivity index (χ1n) is 7.60. The Morgan fingerprint density at radius 3 is 2.79 bits per heavy atom. The van der Waals surface area contributed by atoms with Crippen LogP contribution in [0.4, 0.5) is 9.18 Å². The minimum absolute atomic E-state index is 0.114. The van der Waals surface area contributed by atoms with E-state index in [4.69, 9.17) is 4.52 Å². The molecule has 2 heterocycles. The summed E-state index contributed by atoms with van der Waals surface area (Å²) in [6.45, 7) is 2.10. The predicted octanol–water partition coefficient (Wildman–Crippen LogP) is 2.01. The molecule has 1 fully saturated rings. The smallest absolute Gasteiger partial charge is 0.326 e. The van der Waals surface area contributed by atoms with Gasteiger partial charge in [0.25, 0.3) is 0 Å². The normalized spacial score (nSPS) is 14.8. The number of carbonyl (C=O) groups is 2. The molecule has 1 aromatic carbocycles. The van der Waals surface area contributed by atoms with E-state index >= 15 is 0 Å². The van der Waals surface area contributed by atoms with Gasteiger partial charge < -0.3 is 9.42 Å². The number of hydrogen-bond acceptors (Lipinski definition) is 5. The van der Waals surface area contributed by atoms with Gasteiger partial charge in [0.2, 0.25) is 17.6 Å². The van der Waals surface area contributed by atoms with Gasteiger partial charge in [-0.15, -0.1) is 0 Å². The Morgan fingerprint density at radius 2 is 2.12 bits per heavy atom. The maximum absolute atomic E-state index is 13.6. The van der Waals surface area contributed by atoms with Crippen molar-refractivity contribution in [2.45, 2.75) is 19.8 Å². The van der Waals surface area contributed by atoms with Crippen molar-refractivity contribution in [3.8, 4) is 11.4 Å². The maximum atomic E-state index is 13.6. The van der Waals surface area contributed by atoms with E-state index in [-0.39, 0.29) is 24.3 Å². The Kier molecular flexibility index (Phi) is 4.28. The lowest BCUT2D eigenvalue weighted by molar-refractivity contribution is -0.125. The zero-order valence-electron chi connectivity index (χ0n) is 13.5. The fraction of sp³-hybridized carbons (Fsp3) is 0.375. The van der Waals surface area contributed by atoms with E-state index in [0.717, 1.165) is 0 Å². The van der Waals surface area contributed by atoms with Crippen molar-refractivity contribution in [1.29, 1.82) is 0 Å². The SMILES string of the molecule is Cc1ccc(-c2noc(CCCN3C(=O)CN(C)C3=O)n2)cc1F. The van der Waals surface area contributed by atoms with Crippen molar-refractivity contribution >= 4 is 11.9 Å². The van der Waals surface area contributed by atoms with E-state index in [9.17, 15) is 14.0 Å². The monoisotopic (exact) mass is 332 g/mol. The van der Waals surface area contributed by atoms with Gasteiger partial charge in [-0.1, -0.05) is 17.3 Å². The van der Waals surface area contributed by atoms with Crippen molar-refractivity contribution in [2.75, 3.05) is 20.1 Å². The van der Waals surface area contributed by atoms with Gasteiger partial charge >= 0.3 is 6.03 Å². The molecule has 1 aliphatic rings. The van der Waals surface area contributed by atoms with E-state index < -0.39 is 0 Å². The Balaban J connectivity index is 1.59. The van der Waals surface area contributed by atoms with Crippen LogP contribution in [-0.2, 0) is 11.2 Å². The number of benzene rings is 1. The Labute approximate surface area is 138 Å². The summed E-state index contributed by atoms with van der Waals surface area (Å²) in [6, 6.07) is 4.45. The first-order valence-corrected chi connectivity index (χ1v) is 7.60. The topological polar surface area (TPSA) is 79.5 Å². The maximum Gasteiger partial charge on any atom is 0.326 e. The van der Waals surface area contributed by atoms with Crippen molar-refractivity contribution < 1.29 is 18.5 Å². The molecule has 0 N–H and O–H groups in total. The molecule has 0 bridgehead atoms. The fourth-order valence-electron chi connectivity index (χ4n) is 2.48. The van der Waals surface area contributed by atoms with Crippen LogP contribution in [0.25, 0.3) is 11.4 Å². The van der Waals surface area contributed by atoms with Crippen LogP contribution in [0, 0.1) is 12.7 Å². The minimum Gasteiger partial charge on any atom is -0.339 e. The molecule has 24 heavy (non-hydrogen) atoms. The molecule has 1 aliphatic heterocycles. The second-order valence-corrected chi connectivity index (χ2v) is 5.76. The summed E-state index contributed by atoms with van der Waals surface area (Å²) in [5.74, 6) is 0.174. The Hall–Kier alpha value is -2.77. The summed E-state index contributed by atoms with van der Waals surface area (Å²) >= 11 is 0. The second-order valence-electron chi connectivity index (χ2n) is 5.76. The number of halogens is 1. The van der Waals surface area contributed by atoms with Crippen LogP contribution in [0.15, 0.2) is 22.7 Å². The summed E-state index contributed by atoms with van der Waals surface area (Å²) in [6.07, 6.45) is 0.956. The number of hydrogen-bond donors (Lipinski definition) is 0.